The number of aromatic nitrogens is 4. The molecular formula is C40H24N4S4. The summed E-state index contributed by atoms with van der Waals surface area (Å²) in [6, 6.07) is 34.6. The predicted octanol–water partition coefficient (Wildman–Crippen LogP) is 9.72. The molecule has 0 spiro atoms. The monoisotopic (exact) mass is 688 g/mol. The third-order valence-corrected chi connectivity index (χ3v) is 13.7. The minimum absolute atomic E-state index is 1.17. The fourth-order valence-corrected chi connectivity index (χ4v) is 11.9. The van der Waals surface area contributed by atoms with Gasteiger partial charge in [-0.1, -0.05) is 95.6 Å². The normalized spacial score (nSPS) is 14.9. The first-order chi connectivity index (χ1) is 23.8. The van der Waals surface area contributed by atoms with Crippen LogP contribution in [-0.4, -0.2) is 19.9 Å². The third-order valence-electron chi connectivity index (χ3n) is 8.30. The van der Waals surface area contributed by atoms with Crippen LogP contribution in [0.3, 0.4) is 0 Å². The zero-order valence-corrected chi connectivity index (χ0v) is 28.5. The first-order valence-electron chi connectivity index (χ1n) is 15.3. The molecule has 0 aliphatic carbocycles. The second kappa shape index (κ2) is 12.8. The van der Waals surface area contributed by atoms with Gasteiger partial charge >= 0.3 is 0 Å². The van der Waals surface area contributed by atoms with Crippen molar-refractivity contribution in [3.05, 3.63) is 179 Å². The van der Waals surface area contributed by atoms with Gasteiger partial charge in [0.2, 0.25) is 0 Å². The second-order valence-electron chi connectivity index (χ2n) is 11.1. The van der Waals surface area contributed by atoms with E-state index in [9.17, 15) is 0 Å². The van der Waals surface area contributed by atoms with Gasteiger partial charge < -0.3 is 0 Å². The van der Waals surface area contributed by atoms with Crippen LogP contribution in [0.25, 0.3) is 49.6 Å². The van der Waals surface area contributed by atoms with Crippen LogP contribution in [0.5, 0.6) is 0 Å². The number of thioether (sulfide) groups is 4. The van der Waals surface area contributed by atoms with Crippen LogP contribution in [0.4, 0.5) is 0 Å². The van der Waals surface area contributed by atoms with Crippen LogP contribution in [0.15, 0.2) is 147 Å². The Bertz CT molecular complexity index is 2190. The van der Waals surface area contributed by atoms with Crippen molar-refractivity contribution in [3.63, 3.8) is 0 Å². The Kier molecular flexibility index (Phi) is 7.86. The lowest BCUT2D eigenvalue weighted by Crippen LogP contribution is -2.16. The number of benzene rings is 3. The predicted molar refractivity (Wildman–Crippen MR) is 208 cm³/mol. The molecule has 2 aliphatic heterocycles. The average Bonchev–Trinajstić information content (AvgIpc) is 3.81. The summed E-state index contributed by atoms with van der Waals surface area (Å²) in [6.45, 7) is 0. The summed E-state index contributed by atoms with van der Waals surface area (Å²) < 4.78 is 2.55. The molecule has 0 unspecified atom stereocenters. The molecule has 3 aromatic carbocycles. The minimum Gasteiger partial charge on any atom is -0.265 e. The first kappa shape index (κ1) is 29.5. The number of fused-ring (bicyclic) bond motifs is 2. The van der Waals surface area contributed by atoms with Crippen molar-refractivity contribution in [3.8, 4) is 0 Å². The molecule has 0 fully saturated rings. The molecule has 0 saturated carbocycles. The largest absolute Gasteiger partial charge is 0.265 e. The lowest BCUT2D eigenvalue weighted by Gasteiger charge is -2.11. The van der Waals surface area contributed by atoms with E-state index in [1.165, 1.54) is 82.3 Å². The second-order valence-corrected chi connectivity index (χ2v) is 15.7. The highest BCUT2D eigenvalue weighted by Gasteiger charge is 2.28. The van der Waals surface area contributed by atoms with Crippen LogP contribution in [0.1, 0.15) is 22.3 Å². The Morgan fingerprint density at radius 1 is 0.292 bits per heavy atom. The highest BCUT2D eigenvalue weighted by atomic mass is 32.2. The number of nitrogens with zero attached hydrogens (tertiary/aromatic N) is 4. The van der Waals surface area contributed by atoms with E-state index in [-0.39, 0.29) is 0 Å². The van der Waals surface area contributed by atoms with Gasteiger partial charge in [0, 0.05) is 79.6 Å². The smallest absolute Gasteiger partial charge is 0.0584 e. The third kappa shape index (κ3) is 5.25. The maximum atomic E-state index is 4.30. The van der Waals surface area contributed by atoms with E-state index in [1.807, 2.05) is 96.6 Å². The molecule has 0 bridgehead atoms. The minimum atomic E-state index is 1.17. The number of rotatable bonds is 4. The van der Waals surface area contributed by atoms with Gasteiger partial charge in [-0.25, -0.2) is 0 Å². The highest BCUT2D eigenvalue weighted by molar-refractivity contribution is 8.41. The summed E-state index contributed by atoms with van der Waals surface area (Å²) in [4.78, 5) is 22.2. The summed E-state index contributed by atoms with van der Waals surface area (Å²) in [5.74, 6) is 0. The molecule has 228 valence electrons. The topological polar surface area (TPSA) is 51.6 Å². The van der Waals surface area contributed by atoms with E-state index in [4.69, 9.17) is 0 Å². The number of pyridine rings is 4. The van der Waals surface area contributed by atoms with E-state index in [2.05, 4.69) is 117 Å². The maximum absolute atomic E-state index is 4.30. The van der Waals surface area contributed by atoms with E-state index in [0.717, 1.165) is 0 Å². The molecule has 2 aliphatic rings. The van der Waals surface area contributed by atoms with Gasteiger partial charge in [-0.05, 0) is 92.3 Å². The van der Waals surface area contributed by atoms with E-state index in [0.29, 0.717) is 0 Å². The van der Waals surface area contributed by atoms with Crippen LogP contribution in [-0.2, 0) is 0 Å². The van der Waals surface area contributed by atoms with Crippen LogP contribution in [0, 0.1) is 0 Å². The molecule has 7 aromatic rings. The van der Waals surface area contributed by atoms with Gasteiger partial charge in [-0.2, -0.15) is 0 Å². The fourth-order valence-electron chi connectivity index (χ4n) is 6.14. The summed E-state index contributed by atoms with van der Waals surface area (Å²) in [6.07, 6.45) is 15.0. The molecule has 0 saturated heterocycles. The van der Waals surface area contributed by atoms with Crippen molar-refractivity contribution in [2.45, 2.75) is 0 Å². The Morgan fingerprint density at radius 2 is 0.521 bits per heavy atom. The standard InChI is InChI=1S/C40H24N4S4/c1-2-6-30-29(5-1)33(39-45-35(25-9-17-41-18-10-25)36(46-39)26-11-19-42-20-12-26)31-7-3-4-8-32(31)34(30)40-47-37(27-13-21-43-22-14-27)38(48-40)28-15-23-44-24-16-28/h1-24H. The van der Waals surface area contributed by atoms with Crippen molar-refractivity contribution in [1.82, 2.24) is 19.9 Å². The first-order valence-corrected chi connectivity index (χ1v) is 18.6. The average molecular weight is 689 g/mol. The summed E-state index contributed by atoms with van der Waals surface area (Å²) in [7, 11) is 0. The Hall–Kier alpha value is -4.60. The van der Waals surface area contributed by atoms with Crippen LogP contribution < -0.4 is 10.4 Å². The van der Waals surface area contributed by atoms with E-state index >= 15 is 0 Å². The molecule has 9 rings (SSSR count). The fraction of sp³-hybridized carbons (Fsp3) is 0. The van der Waals surface area contributed by atoms with Gasteiger partial charge in [-0.3, -0.25) is 19.9 Å². The SMILES string of the molecule is c1ccc2c(=C3SC(c4ccncc4)=C(c4ccncc4)S3)c3ccccc3c(=C3SC(c4ccncc4)=C(c4ccncc4)S3)c2c1. The summed E-state index contributed by atoms with van der Waals surface area (Å²) >= 11 is 7.43. The lowest BCUT2D eigenvalue weighted by molar-refractivity contribution is 1.32. The molecule has 4 aromatic heterocycles. The Morgan fingerprint density at radius 3 is 0.750 bits per heavy atom. The highest BCUT2D eigenvalue weighted by Crippen LogP contribution is 2.59. The molecule has 4 nitrogen and oxygen atoms in total. The van der Waals surface area contributed by atoms with Crippen LogP contribution >= 0.6 is 47.0 Å². The molecule has 6 heterocycles. The van der Waals surface area contributed by atoms with Crippen molar-refractivity contribution in [2.75, 3.05) is 0 Å². The van der Waals surface area contributed by atoms with Gasteiger partial charge in [-0.15, -0.1) is 0 Å². The van der Waals surface area contributed by atoms with Crippen molar-refractivity contribution >= 4 is 96.7 Å². The number of hydrogen-bond donors (Lipinski definition) is 0. The van der Waals surface area contributed by atoms with Gasteiger partial charge in [0.15, 0.2) is 0 Å². The Balaban J connectivity index is 1.31. The van der Waals surface area contributed by atoms with Crippen molar-refractivity contribution in [1.29, 1.82) is 0 Å². The molecule has 0 radical (unpaired) electrons. The molecule has 0 N–H and O–H groups in total. The summed E-state index contributed by atoms with van der Waals surface area (Å²) in [5.41, 5.74) is 4.67. The zero-order chi connectivity index (χ0) is 31.9. The zero-order valence-electron chi connectivity index (χ0n) is 25.3. The van der Waals surface area contributed by atoms with Crippen LogP contribution in [0.2, 0.25) is 0 Å². The van der Waals surface area contributed by atoms with Crippen molar-refractivity contribution < 1.29 is 0 Å². The number of hydrogen-bond acceptors (Lipinski definition) is 8. The van der Waals surface area contributed by atoms with E-state index < -0.39 is 0 Å². The quantitative estimate of drug-likeness (QED) is 0.170. The van der Waals surface area contributed by atoms with Gasteiger partial charge in [0.1, 0.15) is 0 Å². The molecule has 0 amide bonds. The molecular weight excluding hydrogens is 665 g/mol. The van der Waals surface area contributed by atoms with Gasteiger partial charge in [0.25, 0.3) is 0 Å². The van der Waals surface area contributed by atoms with E-state index in [1.54, 1.807) is 0 Å². The van der Waals surface area contributed by atoms with Gasteiger partial charge in [0.05, 0.1) is 8.47 Å². The molecule has 8 heteroatoms. The van der Waals surface area contributed by atoms with Crippen molar-refractivity contribution in [2.24, 2.45) is 0 Å². The maximum Gasteiger partial charge on any atom is 0.0584 e. The lowest BCUT2D eigenvalue weighted by atomic mass is 9.99. The Labute approximate surface area is 294 Å². The molecule has 48 heavy (non-hydrogen) atoms. The summed E-state index contributed by atoms with van der Waals surface area (Å²) in [5, 5.41) is 7.57. The molecule has 0 atom stereocenters.